The molecule has 1 aliphatic rings. The minimum atomic E-state index is -0.522. The Morgan fingerprint density at radius 3 is 2.86 bits per heavy atom. The molecule has 0 unspecified atom stereocenters. The predicted molar refractivity (Wildman–Crippen MR) is 105 cm³/mol. The van der Waals surface area contributed by atoms with Gasteiger partial charge in [0, 0.05) is 31.4 Å². The zero-order valence-electron chi connectivity index (χ0n) is 15.7. The Hall–Kier alpha value is -3.33. The molecule has 1 aromatic carbocycles. The van der Waals surface area contributed by atoms with Gasteiger partial charge in [-0.2, -0.15) is 0 Å². The van der Waals surface area contributed by atoms with Crippen LogP contribution in [0.1, 0.15) is 5.56 Å². The Balaban J connectivity index is 1.45. The maximum absolute atomic E-state index is 13.4. The van der Waals surface area contributed by atoms with Gasteiger partial charge in [-0.25, -0.2) is 14.4 Å². The number of hydrogen-bond donors (Lipinski definition) is 1. The van der Waals surface area contributed by atoms with E-state index < -0.39 is 11.4 Å². The average Bonchev–Trinajstić information content (AvgIpc) is 2.75. The summed E-state index contributed by atoms with van der Waals surface area (Å²) in [4.78, 5) is 35.6. The van der Waals surface area contributed by atoms with Gasteiger partial charge in [0.1, 0.15) is 18.2 Å². The first-order chi connectivity index (χ1) is 14.1. The molecule has 1 saturated heterocycles. The van der Waals surface area contributed by atoms with Gasteiger partial charge in [0.25, 0.3) is 5.56 Å². The van der Waals surface area contributed by atoms with E-state index in [-0.39, 0.29) is 24.4 Å². The number of fused-ring (bicyclic) bond motifs is 1. The summed E-state index contributed by atoms with van der Waals surface area (Å²) in [5, 5.41) is 2.96. The summed E-state index contributed by atoms with van der Waals surface area (Å²) in [5.74, 6) is -0.0524. The van der Waals surface area contributed by atoms with Gasteiger partial charge in [-0.15, -0.1) is 0 Å². The lowest BCUT2D eigenvalue weighted by Crippen LogP contribution is -2.38. The number of nitrogens with zero attached hydrogens (tertiary/aromatic N) is 4. The molecule has 2 aromatic heterocycles. The van der Waals surface area contributed by atoms with Crippen molar-refractivity contribution in [3.8, 4) is 0 Å². The van der Waals surface area contributed by atoms with E-state index >= 15 is 0 Å². The van der Waals surface area contributed by atoms with Gasteiger partial charge in [0.05, 0.1) is 30.4 Å². The zero-order valence-corrected chi connectivity index (χ0v) is 15.7. The van der Waals surface area contributed by atoms with Crippen molar-refractivity contribution < 1.29 is 13.9 Å². The number of morpholine rings is 1. The molecule has 1 N–H and O–H groups in total. The van der Waals surface area contributed by atoms with Crippen LogP contribution in [-0.2, 0) is 22.6 Å². The van der Waals surface area contributed by atoms with Crippen LogP contribution in [0.5, 0.6) is 0 Å². The summed E-state index contributed by atoms with van der Waals surface area (Å²) in [6, 6.07) is 7.53. The number of benzene rings is 1. The highest BCUT2D eigenvalue weighted by Crippen LogP contribution is 2.18. The van der Waals surface area contributed by atoms with Crippen LogP contribution in [0.3, 0.4) is 0 Å². The van der Waals surface area contributed by atoms with E-state index in [0.29, 0.717) is 18.7 Å². The number of hydrogen-bond acceptors (Lipinski definition) is 6. The van der Waals surface area contributed by atoms with E-state index in [2.05, 4.69) is 20.2 Å². The van der Waals surface area contributed by atoms with Gasteiger partial charge < -0.3 is 15.0 Å². The Bertz CT molecular complexity index is 1090. The smallest absolute Gasteiger partial charge is 0.261 e. The molecule has 29 heavy (non-hydrogen) atoms. The Kier molecular flexibility index (Phi) is 5.48. The second kappa shape index (κ2) is 8.36. The molecule has 3 heterocycles. The van der Waals surface area contributed by atoms with Crippen LogP contribution in [0.15, 0.2) is 47.7 Å². The summed E-state index contributed by atoms with van der Waals surface area (Å²) >= 11 is 0. The molecule has 9 heteroatoms. The number of amides is 1. The largest absolute Gasteiger partial charge is 0.378 e. The van der Waals surface area contributed by atoms with Crippen molar-refractivity contribution in [2.45, 2.75) is 13.1 Å². The molecule has 150 valence electrons. The Morgan fingerprint density at radius 2 is 2.03 bits per heavy atom. The number of nitrogens with one attached hydrogen (secondary N) is 1. The van der Waals surface area contributed by atoms with E-state index in [1.807, 2.05) is 12.1 Å². The van der Waals surface area contributed by atoms with Gasteiger partial charge in [0.15, 0.2) is 0 Å². The Morgan fingerprint density at radius 1 is 1.21 bits per heavy atom. The highest BCUT2D eigenvalue weighted by molar-refractivity contribution is 5.79. The van der Waals surface area contributed by atoms with Crippen LogP contribution in [0.25, 0.3) is 10.9 Å². The van der Waals surface area contributed by atoms with Crippen LogP contribution in [0, 0.1) is 5.82 Å². The van der Waals surface area contributed by atoms with Crippen molar-refractivity contribution in [2.75, 3.05) is 31.2 Å². The molecule has 0 aliphatic carbocycles. The number of halogens is 1. The number of carbonyl (C=O) groups excluding carboxylic acids is 1. The maximum Gasteiger partial charge on any atom is 0.261 e. The van der Waals surface area contributed by atoms with E-state index in [4.69, 9.17) is 4.74 Å². The summed E-state index contributed by atoms with van der Waals surface area (Å²) in [6.45, 7) is 2.84. The quantitative estimate of drug-likeness (QED) is 0.693. The fraction of sp³-hybridized carbons (Fsp3) is 0.300. The first-order valence-electron chi connectivity index (χ1n) is 9.30. The van der Waals surface area contributed by atoms with Crippen LogP contribution >= 0.6 is 0 Å². The molecule has 3 aromatic rings. The third-order valence-electron chi connectivity index (χ3n) is 4.75. The molecular formula is C20H20FN5O3. The molecule has 0 spiro atoms. The third kappa shape index (κ3) is 4.24. The normalized spacial score (nSPS) is 14.2. The van der Waals surface area contributed by atoms with Gasteiger partial charge in [-0.1, -0.05) is 6.07 Å². The number of ether oxygens (including phenoxy) is 1. The van der Waals surface area contributed by atoms with Crippen molar-refractivity contribution in [1.29, 1.82) is 0 Å². The lowest BCUT2D eigenvalue weighted by atomic mass is 10.2. The monoisotopic (exact) mass is 397 g/mol. The number of pyridine rings is 1. The zero-order chi connectivity index (χ0) is 20.2. The molecule has 4 rings (SSSR count). The van der Waals surface area contributed by atoms with Crippen molar-refractivity contribution >= 4 is 22.6 Å². The van der Waals surface area contributed by atoms with Crippen molar-refractivity contribution in [3.05, 3.63) is 64.6 Å². The van der Waals surface area contributed by atoms with E-state index in [0.717, 1.165) is 30.5 Å². The lowest BCUT2D eigenvalue weighted by Gasteiger charge is -2.29. The van der Waals surface area contributed by atoms with Crippen LogP contribution in [0.2, 0.25) is 0 Å². The fourth-order valence-electron chi connectivity index (χ4n) is 3.28. The fourth-order valence-corrected chi connectivity index (χ4v) is 3.28. The number of aromatic nitrogens is 3. The number of anilines is 1. The molecule has 1 amide bonds. The molecular weight excluding hydrogens is 377 g/mol. The van der Waals surface area contributed by atoms with Crippen LogP contribution in [-0.4, -0.2) is 46.7 Å². The SMILES string of the molecule is O=C(Cn1cnc2ccc(F)cc2c1=O)NCc1cccnc1N1CCOCC1. The molecule has 1 aliphatic heterocycles. The molecule has 8 nitrogen and oxygen atoms in total. The van der Waals surface area contributed by atoms with Crippen LogP contribution < -0.4 is 15.8 Å². The molecule has 0 saturated carbocycles. The van der Waals surface area contributed by atoms with E-state index in [9.17, 15) is 14.0 Å². The van der Waals surface area contributed by atoms with E-state index in [1.54, 1.807) is 6.20 Å². The molecule has 0 radical (unpaired) electrons. The van der Waals surface area contributed by atoms with Gasteiger partial charge in [-0.3, -0.25) is 14.2 Å². The van der Waals surface area contributed by atoms with Crippen molar-refractivity contribution in [3.63, 3.8) is 0 Å². The topological polar surface area (TPSA) is 89.3 Å². The summed E-state index contributed by atoms with van der Waals surface area (Å²) in [7, 11) is 0. The molecule has 0 bridgehead atoms. The second-order valence-corrected chi connectivity index (χ2v) is 6.70. The summed E-state index contributed by atoms with van der Waals surface area (Å²) in [5.41, 5.74) is 0.812. The number of rotatable bonds is 5. The predicted octanol–water partition coefficient (Wildman–Crippen LogP) is 1.08. The summed E-state index contributed by atoms with van der Waals surface area (Å²) in [6.07, 6.45) is 3.01. The van der Waals surface area contributed by atoms with Gasteiger partial charge >= 0.3 is 0 Å². The second-order valence-electron chi connectivity index (χ2n) is 6.70. The highest BCUT2D eigenvalue weighted by Gasteiger charge is 2.16. The standard InChI is InChI=1S/C20H20FN5O3/c21-15-3-4-17-16(10-15)20(28)26(13-24-17)12-18(27)23-11-14-2-1-5-22-19(14)25-6-8-29-9-7-25/h1-5,10,13H,6-9,11-12H2,(H,23,27). The van der Waals surface area contributed by atoms with Crippen LogP contribution in [0.4, 0.5) is 10.2 Å². The maximum atomic E-state index is 13.4. The molecule has 1 fully saturated rings. The minimum Gasteiger partial charge on any atom is -0.378 e. The van der Waals surface area contributed by atoms with E-state index in [1.165, 1.54) is 23.0 Å². The highest BCUT2D eigenvalue weighted by atomic mass is 19.1. The van der Waals surface area contributed by atoms with Crippen molar-refractivity contribution in [1.82, 2.24) is 19.9 Å². The average molecular weight is 397 g/mol. The minimum absolute atomic E-state index is 0.141. The first-order valence-corrected chi connectivity index (χ1v) is 9.30. The molecule has 0 atom stereocenters. The first kappa shape index (κ1) is 19.0. The van der Waals surface area contributed by atoms with Crippen molar-refractivity contribution in [2.24, 2.45) is 0 Å². The lowest BCUT2D eigenvalue weighted by molar-refractivity contribution is -0.121. The number of carbonyl (C=O) groups is 1. The Labute approximate surface area is 165 Å². The van der Waals surface area contributed by atoms with Gasteiger partial charge in [0.2, 0.25) is 5.91 Å². The third-order valence-corrected chi connectivity index (χ3v) is 4.75. The van der Waals surface area contributed by atoms with Gasteiger partial charge in [-0.05, 0) is 24.3 Å². The summed E-state index contributed by atoms with van der Waals surface area (Å²) < 4.78 is 20.0.